The van der Waals surface area contributed by atoms with E-state index in [1.807, 2.05) is 18.2 Å². The molecular formula is C17H20N4O3. The third kappa shape index (κ3) is 2.94. The SMILES string of the molecule is COc1cc(CN2CCN(c3ncccn3)CC2)cc2c1OCO2. The van der Waals surface area contributed by atoms with Gasteiger partial charge in [-0.25, -0.2) is 9.97 Å². The Hall–Kier alpha value is -2.54. The number of piperazine rings is 1. The van der Waals surface area contributed by atoms with Crippen LogP contribution in [0.25, 0.3) is 0 Å². The molecule has 0 aliphatic carbocycles. The fourth-order valence-electron chi connectivity index (χ4n) is 3.09. The van der Waals surface area contributed by atoms with Crippen LogP contribution in [0, 0.1) is 0 Å². The number of hydrogen-bond donors (Lipinski definition) is 0. The molecule has 3 heterocycles. The molecule has 2 aliphatic heterocycles. The second-order valence-electron chi connectivity index (χ2n) is 5.84. The summed E-state index contributed by atoms with van der Waals surface area (Å²) in [7, 11) is 1.65. The Morgan fingerprint density at radius 2 is 1.88 bits per heavy atom. The van der Waals surface area contributed by atoms with Crippen molar-refractivity contribution in [2.45, 2.75) is 6.54 Å². The quantitative estimate of drug-likeness (QED) is 0.843. The zero-order valence-corrected chi connectivity index (χ0v) is 13.6. The summed E-state index contributed by atoms with van der Waals surface area (Å²) in [5.74, 6) is 3.01. The topological polar surface area (TPSA) is 60.0 Å². The Labute approximate surface area is 140 Å². The molecule has 7 nitrogen and oxygen atoms in total. The molecule has 0 amide bonds. The van der Waals surface area contributed by atoms with Gasteiger partial charge in [0.15, 0.2) is 11.5 Å². The molecule has 0 bridgehead atoms. The number of fused-ring (bicyclic) bond motifs is 1. The van der Waals surface area contributed by atoms with Gasteiger partial charge in [0, 0.05) is 45.1 Å². The van der Waals surface area contributed by atoms with Crippen molar-refractivity contribution in [3.63, 3.8) is 0 Å². The van der Waals surface area contributed by atoms with Crippen molar-refractivity contribution in [1.29, 1.82) is 0 Å². The maximum absolute atomic E-state index is 5.50. The average molecular weight is 328 g/mol. The maximum atomic E-state index is 5.50. The Kier molecular flexibility index (Phi) is 4.08. The summed E-state index contributed by atoms with van der Waals surface area (Å²) in [5.41, 5.74) is 1.17. The number of benzene rings is 1. The first-order valence-electron chi connectivity index (χ1n) is 8.04. The van der Waals surface area contributed by atoms with Crippen LogP contribution in [0.5, 0.6) is 17.2 Å². The fourth-order valence-corrected chi connectivity index (χ4v) is 3.09. The normalized spacial score (nSPS) is 17.1. The molecule has 24 heavy (non-hydrogen) atoms. The summed E-state index contributed by atoms with van der Waals surface area (Å²) in [6, 6.07) is 5.91. The first-order valence-corrected chi connectivity index (χ1v) is 8.04. The standard InChI is InChI=1S/C17H20N4O3/c1-22-14-9-13(10-15-16(14)24-12-23-15)11-20-5-7-21(8-6-20)17-18-3-2-4-19-17/h2-4,9-10H,5-8,11-12H2,1H3. The van der Waals surface area contributed by atoms with Gasteiger partial charge in [0.1, 0.15) is 0 Å². The van der Waals surface area contributed by atoms with E-state index in [1.54, 1.807) is 19.5 Å². The molecule has 1 fully saturated rings. The lowest BCUT2D eigenvalue weighted by Crippen LogP contribution is -2.46. The van der Waals surface area contributed by atoms with Crippen LogP contribution < -0.4 is 19.1 Å². The van der Waals surface area contributed by atoms with Crippen LogP contribution in [0.3, 0.4) is 0 Å². The third-order valence-electron chi connectivity index (χ3n) is 4.33. The van der Waals surface area contributed by atoms with Gasteiger partial charge < -0.3 is 19.1 Å². The van der Waals surface area contributed by atoms with E-state index in [0.717, 1.165) is 50.2 Å². The number of ether oxygens (including phenoxy) is 3. The predicted octanol–water partition coefficient (Wildman–Crippen LogP) is 1.54. The predicted molar refractivity (Wildman–Crippen MR) is 88.6 cm³/mol. The largest absolute Gasteiger partial charge is 0.493 e. The van der Waals surface area contributed by atoms with Gasteiger partial charge in [0.2, 0.25) is 18.5 Å². The zero-order chi connectivity index (χ0) is 16.4. The summed E-state index contributed by atoms with van der Waals surface area (Å²) in [4.78, 5) is 13.3. The first kappa shape index (κ1) is 15.0. The molecule has 0 saturated carbocycles. The fraction of sp³-hybridized carbons (Fsp3) is 0.412. The number of rotatable bonds is 4. The number of hydrogen-bond acceptors (Lipinski definition) is 7. The van der Waals surface area contributed by atoms with Crippen LogP contribution in [0.4, 0.5) is 5.95 Å². The van der Waals surface area contributed by atoms with Crippen molar-refractivity contribution in [3.05, 3.63) is 36.2 Å². The number of anilines is 1. The first-order chi connectivity index (χ1) is 11.8. The molecule has 0 radical (unpaired) electrons. The van der Waals surface area contributed by atoms with Crippen molar-refractivity contribution >= 4 is 5.95 Å². The van der Waals surface area contributed by atoms with Crippen LogP contribution in [0.15, 0.2) is 30.6 Å². The summed E-state index contributed by atoms with van der Waals surface area (Å²) < 4.78 is 16.4. The Bertz CT molecular complexity index is 702. The van der Waals surface area contributed by atoms with E-state index in [1.165, 1.54) is 5.56 Å². The molecule has 0 N–H and O–H groups in total. The van der Waals surface area contributed by atoms with E-state index in [0.29, 0.717) is 5.75 Å². The van der Waals surface area contributed by atoms with E-state index in [-0.39, 0.29) is 6.79 Å². The highest BCUT2D eigenvalue weighted by molar-refractivity contribution is 5.55. The van der Waals surface area contributed by atoms with E-state index in [9.17, 15) is 0 Å². The van der Waals surface area contributed by atoms with Gasteiger partial charge in [-0.3, -0.25) is 4.90 Å². The van der Waals surface area contributed by atoms with Gasteiger partial charge in [0.25, 0.3) is 0 Å². The van der Waals surface area contributed by atoms with E-state index in [2.05, 4.69) is 19.8 Å². The molecule has 0 unspecified atom stereocenters. The summed E-state index contributed by atoms with van der Waals surface area (Å²) in [5, 5.41) is 0. The molecule has 2 aromatic rings. The van der Waals surface area contributed by atoms with Crippen molar-refractivity contribution in [3.8, 4) is 17.2 Å². The summed E-state index contributed by atoms with van der Waals surface area (Å²) in [6.45, 7) is 4.89. The van der Waals surface area contributed by atoms with E-state index >= 15 is 0 Å². The molecule has 7 heteroatoms. The van der Waals surface area contributed by atoms with Crippen molar-refractivity contribution in [1.82, 2.24) is 14.9 Å². The Balaban J connectivity index is 1.41. The number of aromatic nitrogens is 2. The van der Waals surface area contributed by atoms with Gasteiger partial charge in [-0.05, 0) is 23.8 Å². The van der Waals surface area contributed by atoms with Crippen LogP contribution in [0.2, 0.25) is 0 Å². The summed E-state index contributed by atoms with van der Waals surface area (Å²) in [6.07, 6.45) is 3.57. The summed E-state index contributed by atoms with van der Waals surface area (Å²) >= 11 is 0. The van der Waals surface area contributed by atoms with Gasteiger partial charge in [0.05, 0.1) is 7.11 Å². The van der Waals surface area contributed by atoms with Crippen molar-refractivity contribution < 1.29 is 14.2 Å². The molecule has 1 saturated heterocycles. The van der Waals surface area contributed by atoms with Crippen LogP contribution in [0.1, 0.15) is 5.56 Å². The van der Waals surface area contributed by atoms with E-state index < -0.39 is 0 Å². The van der Waals surface area contributed by atoms with Crippen LogP contribution in [-0.4, -0.2) is 54.9 Å². The maximum Gasteiger partial charge on any atom is 0.231 e. The molecule has 4 rings (SSSR count). The van der Waals surface area contributed by atoms with Gasteiger partial charge in [-0.15, -0.1) is 0 Å². The second kappa shape index (κ2) is 6.52. The van der Waals surface area contributed by atoms with Crippen molar-refractivity contribution in [2.75, 3.05) is 45.0 Å². The van der Waals surface area contributed by atoms with Crippen LogP contribution in [-0.2, 0) is 6.54 Å². The number of methoxy groups -OCH3 is 1. The smallest absolute Gasteiger partial charge is 0.231 e. The Morgan fingerprint density at radius 3 is 2.62 bits per heavy atom. The third-order valence-corrected chi connectivity index (χ3v) is 4.33. The monoisotopic (exact) mass is 328 g/mol. The molecule has 1 aromatic carbocycles. The Morgan fingerprint density at radius 1 is 1.08 bits per heavy atom. The second-order valence-corrected chi connectivity index (χ2v) is 5.84. The van der Waals surface area contributed by atoms with Crippen LogP contribution >= 0.6 is 0 Å². The molecule has 0 spiro atoms. The van der Waals surface area contributed by atoms with Gasteiger partial charge in [-0.2, -0.15) is 0 Å². The lowest BCUT2D eigenvalue weighted by molar-refractivity contribution is 0.171. The molecule has 2 aliphatic rings. The van der Waals surface area contributed by atoms with Gasteiger partial charge in [-0.1, -0.05) is 0 Å². The minimum Gasteiger partial charge on any atom is -0.493 e. The van der Waals surface area contributed by atoms with Gasteiger partial charge >= 0.3 is 0 Å². The lowest BCUT2D eigenvalue weighted by Gasteiger charge is -2.34. The highest BCUT2D eigenvalue weighted by atomic mass is 16.7. The highest BCUT2D eigenvalue weighted by Crippen LogP contribution is 2.42. The highest BCUT2D eigenvalue weighted by Gasteiger charge is 2.23. The molecule has 0 atom stereocenters. The minimum atomic E-state index is 0.255. The molecular weight excluding hydrogens is 308 g/mol. The zero-order valence-electron chi connectivity index (χ0n) is 13.6. The van der Waals surface area contributed by atoms with Crippen molar-refractivity contribution in [2.24, 2.45) is 0 Å². The van der Waals surface area contributed by atoms with E-state index in [4.69, 9.17) is 14.2 Å². The number of nitrogens with zero attached hydrogens (tertiary/aromatic N) is 4. The molecule has 126 valence electrons. The minimum absolute atomic E-state index is 0.255. The molecule has 1 aromatic heterocycles. The lowest BCUT2D eigenvalue weighted by atomic mass is 10.1. The average Bonchev–Trinajstić information content (AvgIpc) is 3.11.